The van der Waals surface area contributed by atoms with E-state index < -0.39 is 17.9 Å². The first-order valence-electron chi connectivity index (χ1n) is 8.00. The minimum Gasteiger partial charge on any atom is -0.464 e. The molecule has 3 N–H and O–H groups in total. The summed E-state index contributed by atoms with van der Waals surface area (Å²) in [6.07, 6.45) is 0.801. The molecule has 0 radical (unpaired) electrons. The molecule has 2 aromatic rings. The summed E-state index contributed by atoms with van der Waals surface area (Å²) in [7, 11) is 0. The van der Waals surface area contributed by atoms with Gasteiger partial charge in [0.1, 0.15) is 0 Å². The van der Waals surface area contributed by atoms with Gasteiger partial charge in [0.25, 0.3) is 5.91 Å². The van der Waals surface area contributed by atoms with Crippen molar-refractivity contribution in [1.82, 2.24) is 20.8 Å². The van der Waals surface area contributed by atoms with Gasteiger partial charge in [-0.15, -0.1) is 12.4 Å². The van der Waals surface area contributed by atoms with Gasteiger partial charge in [0.2, 0.25) is 0 Å². The van der Waals surface area contributed by atoms with Gasteiger partial charge in [0.05, 0.1) is 6.61 Å². The number of aromatic amines is 1. The number of amides is 1. The van der Waals surface area contributed by atoms with Gasteiger partial charge in [-0.1, -0.05) is 30.3 Å². The van der Waals surface area contributed by atoms with Gasteiger partial charge >= 0.3 is 5.97 Å². The van der Waals surface area contributed by atoms with E-state index in [2.05, 4.69) is 20.8 Å². The fourth-order valence-electron chi connectivity index (χ4n) is 2.76. The molecule has 0 aliphatic carbocycles. The minimum atomic E-state index is -0.859. The van der Waals surface area contributed by atoms with Crippen LogP contribution >= 0.6 is 12.4 Å². The topological polar surface area (TPSA) is 96.1 Å². The molecule has 25 heavy (non-hydrogen) atoms. The van der Waals surface area contributed by atoms with Crippen LogP contribution in [0.4, 0.5) is 0 Å². The largest absolute Gasteiger partial charge is 0.464 e. The number of carbonyl (C=O) groups is 2. The summed E-state index contributed by atoms with van der Waals surface area (Å²) in [6, 6.07) is 8.18. The molecule has 0 bridgehead atoms. The number of hydrogen-bond acceptors (Lipinski definition) is 5. The monoisotopic (exact) mass is 364 g/mol. The number of nitrogens with zero attached hydrogens (tertiary/aromatic N) is 1. The smallest absolute Gasteiger partial charge is 0.333 e. The summed E-state index contributed by atoms with van der Waals surface area (Å²) in [4.78, 5) is 24.9. The summed E-state index contributed by atoms with van der Waals surface area (Å²) >= 11 is 0. The highest BCUT2D eigenvalue weighted by molar-refractivity contribution is 5.96. The van der Waals surface area contributed by atoms with E-state index >= 15 is 0 Å². The summed E-state index contributed by atoms with van der Waals surface area (Å²) in [5.74, 6) is -0.877. The van der Waals surface area contributed by atoms with Crippen LogP contribution in [0.3, 0.4) is 0 Å². The van der Waals surface area contributed by atoms with Crippen LogP contribution < -0.4 is 10.6 Å². The van der Waals surface area contributed by atoms with E-state index in [1.807, 2.05) is 18.2 Å². The zero-order valence-corrected chi connectivity index (χ0v) is 14.7. The SMILES string of the molecule is CCOC(=O)[C@H](NC(=O)c1n[nH]c2c1CNCC2)c1ccccc1.Cl. The van der Waals surface area contributed by atoms with E-state index in [1.54, 1.807) is 19.1 Å². The van der Waals surface area contributed by atoms with Gasteiger partial charge in [0.15, 0.2) is 11.7 Å². The van der Waals surface area contributed by atoms with Gasteiger partial charge in [-0.3, -0.25) is 9.89 Å². The molecule has 0 saturated carbocycles. The lowest BCUT2D eigenvalue weighted by atomic mass is 10.0. The maximum atomic E-state index is 12.6. The van der Waals surface area contributed by atoms with Crippen molar-refractivity contribution < 1.29 is 14.3 Å². The van der Waals surface area contributed by atoms with Crippen LogP contribution in [0.2, 0.25) is 0 Å². The first-order chi connectivity index (χ1) is 11.7. The quantitative estimate of drug-likeness (QED) is 0.699. The van der Waals surface area contributed by atoms with E-state index in [-0.39, 0.29) is 19.0 Å². The van der Waals surface area contributed by atoms with Crippen LogP contribution in [0, 0.1) is 0 Å². The molecule has 1 aliphatic rings. The van der Waals surface area contributed by atoms with E-state index in [9.17, 15) is 9.59 Å². The van der Waals surface area contributed by atoms with Crippen molar-refractivity contribution in [3.8, 4) is 0 Å². The lowest BCUT2D eigenvalue weighted by Gasteiger charge is -2.18. The standard InChI is InChI=1S/C17H20N4O3.ClH/c1-2-24-17(23)14(11-6-4-3-5-7-11)19-16(22)15-12-10-18-9-8-13(12)20-21-15;/h3-7,14,18H,2,8-10H2,1H3,(H,19,22)(H,20,21);1H/t14-;/m1./s1. The van der Waals surface area contributed by atoms with Crippen LogP contribution in [-0.4, -0.2) is 35.2 Å². The molecular weight excluding hydrogens is 344 g/mol. The highest BCUT2D eigenvalue weighted by Gasteiger charge is 2.28. The first kappa shape index (κ1) is 19.0. The van der Waals surface area contributed by atoms with Crippen molar-refractivity contribution in [1.29, 1.82) is 0 Å². The van der Waals surface area contributed by atoms with Gasteiger partial charge < -0.3 is 15.4 Å². The zero-order valence-electron chi connectivity index (χ0n) is 13.9. The molecule has 134 valence electrons. The fourth-order valence-corrected chi connectivity index (χ4v) is 2.76. The predicted octanol–water partition coefficient (Wildman–Crippen LogP) is 1.51. The van der Waals surface area contributed by atoms with Crippen LogP contribution in [0.25, 0.3) is 0 Å². The Morgan fingerprint density at radius 2 is 2.08 bits per heavy atom. The number of esters is 1. The molecule has 1 aromatic carbocycles. The third-order valence-corrected chi connectivity index (χ3v) is 3.95. The Morgan fingerprint density at radius 3 is 2.80 bits per heavy atom. The number of H-pyrrole nitrogens is 1. The molecule has 3 rings (SSSR count). The molecule has 0 spiro atoms. The number of benzene rings is 1. The highest BCUT2D eigenvalue weighted by atomic mass is 35.5. The average Bonchev–Trinajstić information content (AvgIpc) is 3.04. The second kappa shape index (κ2) is 8.64. The Bertz CT molecular complexity index is 733. The molecular formula is C17H21ClN4O3. The number of aromatic nitrogens is 2. The molecule has 0 unspecified atom stereocenters. The van der Waals surface area contributed by atoms with E-state index in [0.29, 0.717) is 17.8 Å². The van der Waals surface area contributed by atoms with Crippen molar-refractivity contribution in [3.05, 3.63) is 52.8 Å². The lowest BCUT2D eigenvalue weighted by Crippen LogP contribution is -2.36. The summed E-state index contributed by atoms with van der Waals surface area (Å²) < 4.78 is 5.10. The predicted molar refractivity (Wildman–Crippen MR) is 94.5 cm³/mol. The molecule has 7 nitrogen and oxygen atoms in total. The lowest BCUT2D eigenvalue weighted by molar-refractivity contribution is -0.145. The van der Waals surface area contributed by atoms with E-state index in [0.717, 1.165) is 24.2 Å². The molecule has 0 saturated heterocycles. The third kappa shape index (κ3) is 4.18. The van der Waals surface area contributed by atoms with Gasteiger partial charge in [0, 0.05) is 30.8 Å². The molecule has 2 heterocycles. The van der Waals surface area contributed by atoms with Crippen molar-refractivity contribution >= 4 is 24.3 Å². The van der Waals surface area contributed by atoms with Crippen molar-refractivity contribution in [2.45, 2.75) is 25.9 Å². The fraction of sp³-hybridized carbons (Fsp3) is 0.353. The molecule has 1 aliphatic heterocycles. The van der Waals surface area contributed by atoms with Crippen molar-refractivity contribution in [2.24, 2.45) is 0 Å². The van der Waals surface area contributed by atoms with Crippen molar-refractivity contribution in [3.63, 3.8) is 0 Å². The molecule has 8 heteroatoms. The average molecular weight is 365 g/mol. The first-order valence-corrected chi connectivity index (χ1v) is 8.00. The Labute approximate surface area is 151 Å². The number of halogens is 1. The third-order valence-electron chi connectivity index (χ3n) is 3.95. The van der Waals surface area contributed by atoms with Crippen molar-refractivity contribution in [2.75, 3.05) is 13.2 Å². The maximum absolute atomic E-state index is 12.6. The van der Waals surface area contributed by atoms with Crippen LogP contribution in [0.15, 0.2) is 30.3 Å². The molecule has 0 fully saturated rings. The molecule has 1 aromatic heterocycles. The maximum Gasteiger partial charge on any atom is 0.333 e. The summed E-state index contributed by atoms with van der Waals surface area (Å²) in [6.45, 7) is 3.42. The Balaban J connectivity index is 0.00000225. The van der Waals surface area contributed by atoms with Crippen LogP contribution in [0.1, 0.15) is 40.3 Å². The second-order valence-electron chi connectivity index (χ2n) is 5.53. The Kier molecular flexibility index (Phi) is 6.55. The number of hydrogen-bond donors (Lipinski definition) is 3. The zero-order chi connectivity index (χ0) is 16.9. The number of ether oxygens (including phenoxy) is 1. The van der Waals surface area contributed by atoms with E-state index in [4.69, 9.17) is 4.74 Å². The number of nitrogens with one attached hydrogen (secondary N) is 3. The molecule has 1 atom stereocenters. The van der Waals surface area contributed by atoms with Crippen LogP contribution in [0.5, 0.6) is 0 Å². The second-order valence-corrected chi connectivity index (χ2v) is 5.53. The summed E-state index contributed by atoms with van der Waals surface area (Å²) in [5.41, 5.74) is 2.81. The number of rotatable bonds is 5. The Hall–Kier alpha value is -2.38. The molecule has 1 amide bonds. The normalized spacial score (nSPS) is 14.0. The van der Waals surface area contributed by atoms with Gasteiger partial charge in [-0.25, -0.2) is 4.79 Å². The van der Waals surface area contributed by atoms with E-state index in [1.165, 1.54) is 0 Å². The Morgan fingerprint density at radius 1 is 1.32 bits per heavy atom. The van der Waals surface area contributed by atoms with Crippen LogP contribution in [-0.2, 0) is 22.5 Å². The van der Waals surface area contributed by atoms with Gasteiger partial charge in [-0.05, 0) is 12.5 Å². The number of carbonyl (C=O) groups excluding carboxylic acids is 2. The summed E-state index contributed by atoms with van der Waals surface area (Å²) in [5, 5.41) is 13.0. The minimum absolute atomic E-state index is 0. The number of fused-ring (bicyclic) bond motifs is 1. The highest BCUT2D eigenvalue weighted by Crippen LogP contribution is 2.18. The van der Waals surface area contributed by atoms with Gasteiger partial charge in [-0.2, -0.15) is 5.10 Å².